The van der Waals surface area contributed by atoms with Crippen LogP contribution in [0.15, 0.2) is 47.4 Å². The molecule has 0 aliphatic rings. The SMILES string of the molecule is COC[C@H](C)NC(=O)CN(c1cc(OC)ccc1OC)S(=O)(=O)c1ccc(C)cc1. The van der Waals surface area contributed by atoms with Gasteiger partial charge in [-0.25, -0.2) is 8.42 Å². The van der Waals surface area contributed by atoms with E-state index in [4.69, 9.17) is 14.2 Å². The van der Waals surface area contributed by atoms with E-state index in [1.165, 1.54) is 39.5 Å². The molecule has 2 aromatic carbocycles. The van der Waals surface area contributed by atoms with Gasteiger partial charge < -0.3 is 19.5 Å². The van der Waals surface area contributed by atoms with Gasteiger partial charge >= 0.3 is 0 Å². The molecule has 0 bridgehead atoms. The summed E-state index contributed by atoms with van der Waals surface area (Å²) < 4.78 is 43.6. The fraction of sp³-hybridized carbons (Fsp3) is 0.381. The van der Waals surface area contributed by atoms with E-state index in [2.05, 4.69) is 5.32 Å². The molecule has 0 unspecified atom stereocenters. The van der Waals surface area contributed by atoms with E-state index in [1.807, 2.05) is 6.92 Å². The van der Waals surface area contributed by atoms with Crippen LogP contribution in [0, 0.1) is 6.92 Å². The van der Waals surface area contributed by atoms with Gasteiger partial charge in [0.15, 0.2) is 0 Å². The molecule has 30 heavy (non-hydrogen) atoms. The lowest BCUT2D eigenvalue weighted by molar-refractivity contribution is -0.120. The number of ether oxygens (including phenoxy) is 3. The molecule has 0 spiro atoms. The van der Waals surface area contributed by atoms with Crippen LogP contribution in [0.4, 0.5) is 5.69 Å². The second-order valence-electron chi connectivity index (χ2n) is 6.79. The van der Waals surface area contributed by atoms with E-state index < -0.39 is 22.5 Å². The fourth-order valence-corrected chi connectivity index (χ4v) is 4.29. The first-order valence-electron chi connectivity index (χ1n) is 9.32. The molecule has 0 fully saturated rings. The van der Waals surface area contributed by atoms with Gasteiger partial charge in [-0.2, -0.15) is 0 Å². The number of hydrogen-bond acceptors (Lipinski definition) is 6. The van der Waals surface area contributed by atoms with Gasteiger partial charge in [-0.05, 0) is 38.1 Å². The van der Waals surface area contributed by atoms with Crippen molar-refractivity contribution in [3.05, 3.63) is 48.0 Å². The first-order chi connectivity index (χ1) is 14.2. The Bertz CT molecular complexity index is 960. The standard InChI is InChI=1S/C21H28N2O6S/c1-15-6-9-18(10-7-15)30(25,26)23(13-21(24)22-16(2)14-27-3)19-12-17(28-4)8-11-20(19)29-5/h6-12,16H,13-14H2,1-5H3,(H,22,24)/t16-/m0/s1. The molecule has 0 heterocycles. The summed E-state index contributed by atoms with van der Waals surface area (Å²) in [5.74, 6) is 0.257. The lowest BCUT2D eigenvalue weighted by atomic mass is 10.2. The summed E-state index contributed by atoms with van der Waals surface area (Å²) in [4.78, 5) is 12.7. The van der Waals surface area contributed by atoms with Crippen molar-refractivity contribution in [1.29, 1.82) is 0 Å². The first-order valence-corrected chi connectivity index (χ1v) is 10.8. The van der Waals surface area contributed by atoms with Crippen molar-refractivity contribution >= 4 is 21.6 Å². The lowest BCUT2D eigenvalue weighted by Gasteiger charge is -2.26. The fourth-order valence-electron chi connectivity index (χ4n) is 2.87. The molecule has 164 valence electrons. The summed E-state index contributed by atoms with van der Waals surface area (Å²) in [6.07, 6.45) is 0. The second kappa shape index (κ2) is 10.3. The summed E-state index contributed by atoms with van der Waals surface area (Å²) >= 11 is 0. The van der Waals surface area contributed by atoms with Crippen LogP contribution in [-0.2, 0) is 19.6 Å². The molecule has 0 saturated carbocycles. The molecular formula is C21H28N2O6S. The Kier molecular flexibility index (Phi) is 8.08. The zero-order valence-electron chi connectivity index (χ0n) is 17.8. The Hall–Kier alpha value is -2.78. The quantitative estimate of drug-likeness (QED) is 0.615. The minimum Gasteiger partial charge on any atom is -0.497 e. The van der Waals surface area contributed by atoms with Gasteiger partial charge in [0.25, 0.3) is 10.0 Å². The summed E-state index contributed by atoms with van der Waals surface area (Å²) in [5.41, 5.74) is 1.12. The molecule has 9 heteroatoms. The molecule has 0 radical (unpaired) electrons. The van der Waals surface area contributed by atoms with Crippen LogP contribution in [0.5, 0.6) is 11.5 Å². The Morgan fingerprint density at radius 1 is 1.07 bits per heavy atom. The van der Waals surface area contributed by atoms with Crippen molar-refractivity contribution < 1.29 is 27.4 Å². The first kappa shape index (κ1) is 23.5. The van der Waals surface area contributed by atoms with Crippen molar-refractivity contribution in [3.8, 4) is 11.5 Å². The highest BCUT2D eigenvalue weighted by atomic mass is 32.2. The number of sulfonamides is 1. The molecule has 2 rings (SSSR count). The van der Waals surface area contributed by atoms with Gasteiger partial charge in [0.1, 0.15) is 18.0 Å². The Labute approximate surface area is 177 Å². The molecule has 0 aromatic heterocycles. The zero-order valence-corrected chi connectivity index (χ0v) is 18.7. The maximum atomic E-state index is 13.5. The van der Waals surface area contributed by atoms with E-state index >= 15 is 0 Å². The average Bonchev–Trinajstić information content (AvgIpc) is 2.71. The molecule has 0 aliphatic heterocycles. The highest BCUT2D eigenvalue weighted by Gasteiger charge is 2.30. The predicted molar refractivity (Wildman–Crippen MR) is 115 cm³/mol. The van der Waals surface area contributed by atoms with Crippen molar-refractivity contribution in [2.45, 2.75) is 24.8 Å². The number of nitrogens with one attached hydrogen (secondary N) is 1. The van der Waals surface area contributed by atoms with Gasteiger partial charge in [0.05, 0.1) is 31.4 Å². The molecule has 2 aromatic rings. The largest absolute Gasteiger partial charge is 0.497 e. The van der Waals surface area contributed by atoms with Crippen LogP contribution in [0.1, 0.15) is 12.5 Å². The van der Waals surface area contributed by atoms with Gasteiger partial charge in [0.2, 0.25) is 5.91 Å². The molecule has 1 amide bonds. The number of aryl methyl sites for hydroxylation is 1. The smallest absolute Gasteiger partial charge is 0.264 e. The van der Waals surface area contributed by atoms with E-state index in [9.17, 15) is 13.2 Å². The number of nitrogens with zero attached hydrogens (tertiary/aromatic N) is 1. The highest BCUT2D eigenvalue weighted by Crippen LogP contribution is 2.35. The number of rotatable bonds is 10. The third-order valence-electron chi connectivity index (χ3n) is 4.37. The third kappa shape index (κ3) is 5.64. The number of hydrogen-bond donors (Lipinski definition) is 1. The Balaban J connectivity index is 2.53. The van der Waals surface area contributed by atoms with Gasteiger partial charge in [0, 0.05) is 19.2 Å². The highest BCUT2D eigenvalue weighted by molar-refractivity contribution is 7.92. The van der Waals surface area contributed by atoms with Gasteiger partial charge in [-0.1, -0.05) is 17.7 Å². The van der Waals surface area contributed by atoms with Crippen molar-refractivity contribution in [1.82, 2.24) is 5.32 Å². The minimum absolute atomic E-state index is 0.0655. The summed E-state index contributed by atoms with van der Waals surface area (Å²) in [6.45, 7) is 3.50. The number of carbonyl (C=O) groups excluding carboxylic acids is 1. The van der Waals surface area contributed by atoms with Crippen molar-refractivity contribution in [2.24, 2.45) is 0 Å². The van der Waals surface area contributed by atoms with Crippen LogP contribution in [-0.4, -0.2) is 54.8 Å². The number of benzene rings is 2. The van der Waals surface area contributed by atoms with Crippen LogP contribution in [0.3, 0.4) is 0 Å². The minimum atomic E-state index is -4.07. The summed E-state index contributed by atoms with van der Waals surface area (Å²) in [6, 6.07) is 10.9. The van der Waals surface area contributed by atoms with E-state index in [-0.39, 0.29) is 16.6 Å². The molecule has 0 aliphatic carbocycles. The van der Waals surface area contributed by atoms with Crippen LogP contribution < -0.4 is 19.1 Å². The van der Waals surface area contributed by atoms with Crippen LogP contribution in [0.2, 0.25) is 0 Å². The maximum Gasteiger partial charge on any atom is 0.264 e. The van der Waals surface area contributed by atoms with Crippen LogP contribution >= 0.6 is 0 Å². The normalized spacial score (nSPS) is 12.2. The Morgan fingerprint density at radius 3 is 2.30 bits per heavy atom. The second-order valence-corrected chi connectivity index (χ2v) is 8.65. The molecule has 1 atom stereocenters. The van der Waals surface area contributed by atoms with Crippen LogP contribution in [0.25, 0.3) is 0 Å². The number of anilines is 1. The molecular weight excluding hydrogens is 408 g/mol. The number of methoxy groups -OCH3 is 3. The number of carbonyl (C=O) groups is 1. The van der Waals surface area contributed by atoms with Gasteiger partial charge in [-0.3, -0.25) is 9.10 Å². The lowest BCUT2D eigenvalue weighted by Crippen LogP contribution is -2.44. The van der Waals surface area contributed by atoms with E-state index in [0.29, 0.717) is 18.1 Å². The molecule has 0 saturated heterocycles. The maximum absolute atomic E-state index is 13.5. The summed E-state index contributed by atoms with van der Waals surface area (Å²) in [7, 11) is 0.369. The average molecular weight is 437 g/mol. The predicted octanol–water partition coefficient (Wildman–Crippen LogP) is 2.36. The van der Waals surface area contributed by atoms with Crippen molar-refractivity contribution in [2.75, 3.05) is 38.8 Å². The third-order valence-corrected chi connectivity index (χ3v) is 6.15. The monoisotopic (exact) mass is 436 g/mol. The Morgan fingerprint density at radius 2 is 1.73 bits per heavy atom. The molecule has 8 nitrogen and oxygen atoms in total. The van der Waals surface area contributed by atoms with Gasteiger partial charge in [-0.15, -0.1) is 0 Å². The topological polar surface area (TPSA) is 94.2 Å². The summed E-state index contributed by atoms with van der Waals surface area (Å²) in [5, 5.41) is 2.74. The zero-order chi connectivity index (χ0) is 22.3. The van der Waals surface area contributed by atoms with E-state index in [0.717, 1.165) is 9.87 Å². The number of amides is 1. The van der Waals surface area contributed by atoms with E-state index in [1.54, 1.807) is 31.2 Å². The van der Waals surface area contributed by atoms with Crippen molar-refractivity contribution in [3.63, 3.8) is 0 Å². The molecule has 1 N–H and O–H groups in total.